The minimum atomic E-state index is -3.84. The van der Waals surface area contributed by atoms with Gasteiger partial charge in [0.15, 0.2) is 0 Å². The Bertz CT molecular complexity index is 1640. The fourth-order valence-electron chi connectivity index (χ4n) is 7.37. The fraction of sp³-hybridized carbons (Fsp3) is 0.394. The number of carbonyl (C=O) groups is 1. The molecule has 1 aliphatic heterocycles. The number of nitrogens with zero attached hydrogens (tertiary/aromatic N) is 3. The number of anilines is 1. The minimum absolute atomic E-state index is 0.0345. The Kier molecular flexibility index (Phi) is 7.13. The van der Waals surface area contributed by atoms with Crippen LogP contribution in [0.2, 0.25) is 0 Å². The topological polar surface area (TPSA) is 108 Å². The van der Waals surface area contributed by atoms with Crippen LogP contribution in [0.1, 0.15) is 56.9 Å². The largest absolute Gasteiger partial charge is 0.367 e. The summed E-state index contributed by atoms with van der Waals surface area (Å²) >= 11 is 0. The maximum Gasteiger partial charge on any atom is 0.254 e. The molecule has 3 aromatic carbocycles. The molecular weight excluding hydrogens is 532 g/mol. The zero-order valence-electron chi connectivity index (χ0n) is 23.6. The number of benzene rings is 3. The van der Waals surface area contributed by atoms with Crippen LogP contribution in [-0.4, -0.2) is 45.4 Å². The molecule has 2 atom stereocenters. The van der Waals surface area contributed by atoms with E-state index >= 15 is 0 Å². The van der Waals surface area contributed by atoms with Gasteiger partial charge in [-0.15, -0.1) is 0 Å². The van der Waals surface area contributed by atoms with Crippen LogP contribution in [0.5, 0.6) is 0 Å². The highest BCUT2D eigenvalue weighted by atomic mass is 32.2. The summed E-state index contributed by atoms with van der Waals surface area (Å²) in [4.78, 5) is 17.7. The van der Waals surface area contributed by atoms with Crippen LogP contribution in [0, 0.1) is 42.9 Å². The van der Waals surface area contributed by atoms with Gasteiger partial charge in [-0.25, -0.2) is 13.6 Å². The first-order valence-corrected chi connectivity index (χ1v) is 16.0. The average Bonchev–Trinajstić information content (AvgIpc) is 3.39. The first-order chi connectivity index (χ1) is 19.7. The Morgan fingerprint density at radius 2 is 1.61 bits per heavy atom. The van der Waals surface area contributed by atoms with Gasteiger partial charge in [0.2, 0.25) is 10.0 Å². The van der Waals surface area contributed by atoms with E-state index in [0.29, 0.717) is 55.5 Å². The van der Waals surface area contributed by atoms with E-state index < -0.39 is 10.0 Å². The number of primary sulfonamides is 1. The highest BCUT2D eigenvalue weighted by Crippen LogP contribution is 2.63. The number of fused-ring (bicyclic) bond motifs is 1. The van der Waals surface area contributed by atoms with Crippen molar-refractivity contribution in [2.75, 3.05) is 31.1 Å². The van der Waals surface area contributed by atoms with Crippen molar-refractivity contribution in [2.24, 2.45) is 22.9 Å². The lowest BCUT2D eigenvalue weighted by Crippen LogP contribution is -2.49. The van der Waals surface area contributed by atoms with E-state index in [1.165, 1.54) is 22.8 Å². The van der Waals surface area contributed by atoms with Crippen LogP contribution < -0.4 is 10.0 Å². The highest BCUT2D eigenvalue weighted by Gasteiger charge is 2.55. The Balaban J connectivity index is 1.11. The lowest BCUT2D eigenvalue weighted by Gasteiger charge is -2.37. The van der Waals surface area contributed by atoms with E-state index in [-0.39, 0.29) is 10.8 Å². The summed E-state index contributed by atoms with van der Waals surface area (Å²) in [5.74, 6) is 2.54. The van der Waals surface area contributed by atoms with Gasteiger partial charge < -0.3 is 9.80 Å². The predicted molar refractivity (Wildman–Crippen MR) is 159 cm³/mol. The number of carbonyl (C=O) groups excluding carboxylic acids is 1. The van der Waals surface area contributed by atoms with Crippen molar-refractivity contribution in [2.45, 2.75) is 43.9 Å². The molecule has 2 N–H and O–H groups in total. The first kappa shape index (κ1) is 27.5. The zero-order chi connectivity index (χ0) is 28.9. The monoisotopic (exact) mass is 568 g/mol. The molecule has 212 valence electrons. The van der Waals surface area contributed by atoms with Crippen molar-refractivity contribution >= 4 is 21.6 Å². The maximum atomic E-state index is 13.7. The number of para-hydroxylation sites is 1. The number of hydrogen-bond donors (Lipinski definition) is 1. The van der Waals surface area contributed by atoms with Crippen molar-refractivity contribution in [1.82, 2.24) is 4.90 Å². The van der Waals surface area contributed by atoms with Crippen molar-refractivity contribution in [1.29, 1.82) is 5.26 Å². The quantitative estimate of drug-likeness (QED) is 0.461. The van der Waals surface area contributed by atoms with Crippen molar-refractivity contribution in [3.05, 3.63) is 94.0 Å². The lowest BCUT2D eigenvalue weighted by atomic mass is 9.87. The smallest absolute Gasteiger partial charge is 0.254 e. The number of piperazine rings is 1. The normalized spacial score (nSPS) is 23.7. The number of nitriles is 1. The van der Waals surface area contributed by atoms with Crippen LogP contribution in [0.4, 0.5) is 5.69 Å². The van der Waals surface area contributed by atoms with E-state index in [1.807, 2.05) is 34.9 Å². The summed E-state index contributed by atoms with van der Waals surface area (Å²) in [5, 5.41) is 15.0. The van der Waals surface area contributed by atoms with Gasteiger partial charge in [0.05, 0.1) is 17.3 Å². The third-order valence-corrected chi connectivity index (χ3v) is 10.5. The second-order valence-electron chi connectivity index (χ2n) is 11.9. The number of nitrogens with two attached hydrogens (primary N) is 1. The third-order valence-electron chi connectivity index (χ3n) is 9.59. The molecule has 3 fully saturated rings. The molecule has 41 heavy (non-hydrogen) atoms. The average molecular weight is 569 g/mol. The molecule has 2 saturated carbocycles. The van der Waals surface area contributed by atoms with Crippen molar-refractivity contribution < 1.29 is 13.2 Å². The molecular formula is C33H36N4O3S. The van der Waals surface area contributed by atoms with Crippen LogP contribution >= 0.6 is 0 Å². The summed E-state index contributed by atoms with van der Waals surface area (Å²) in [6.45, 7) is 6.25. The van der Waals surface area contributed by atoms with Gasteiger partial charge in [0, 0.05) is 31.7 Å². The molecule has 1 heterocycles. The minimum Gasteiger partial charge on any atom is -0.367 e. The highest BCUT2D eigenvalue weighted by molar-refractivity contribution is 7.89. The second-order valence-corrected chi connectivity index (χ2v) is 13.5. The molecule has 7 nitrogen and oxygen atoms in total. The van der Waals surface area contributed by atoms with Gasteiger partial charge in [-0.2, -0.15) is 5.26 Å². The van der Waals surface area contributed by atoms with Gasteiger partial charge in [0.25, 0.3) is 5.91 Å². The van der Waals surface area contributed by atoms with Crippen LogP contribution in [-0.2, 0) is 16.4 Å². The molecule has 1 amide bonds. The van der Waals surface area contributed by atoms with Gasteiger partial charge in [-0.05, 0) is 103 Å². The van der Waals surface area contributed by atoms with E-state index in [9.17, 15) is 18.5 Å². The molecule has 0 bridgehead atoms. The van der Waals surface area contributed by atoms with Crippen LogP contribution in [0.3, 0.4) is 0 Å². The standard InChI is InChI=1S/C33H36N4O3S/c1-21-15-22(2)27(33(38)37-13-11-36(12-14-37)31-9-5-6-10-32(31)41(35,39)40)16-24(21)17-28-29-18-25(19-30(28)29)26-8-4-3-7-23(26)20-34/h3-10,15-16,25,28-30H,11-14,17-19H2,1-2H3,(H2,35,39,40). The number of sulfonamides is 1. The SMILES string of the molecule is Cc1cc(C)c(C(=O)N2CCN(c3ccccc3S(N)(=O)=O)CC2)cc1CC1C2CC(c3ccccc3C#N)CC12. The number of aryl methyl sites for hydroxylation is 2. The Morgan fingerprint density at radius 3 is 2.29 bits per heavy atom. The number of rotatable bonds is 6. The molecule has 8 heteroatoms. The first-order valence-electron chi connectivity index (χ1n) is 14.4. The van der Waals surface area contributed by atoms with E-state index in [4.69, 9.17) is 5.14 Å². The summed E-state index contributed by atoms with van der Waals surface area (Å²) < 4.78 is 24.2. The van der Waals surface area contributed by atoms with Gasteiger partial charge in [-0.1, -0.05) is 36.4 Å². The van der Waals surface area contributed by atoms with Crippen LogP contribution in [0.25, 0.3) is 0 Å². The van der Waals surface area contributed by atoms with E-state index in [2.05, 4.69) is 31.2 Å². The van der Waals surface area contributed by atoms with Crippen molar-refractivity contribution in [3.8, 4) is 6.07 Å². The van der Waals surface area contributed by atoms with E-state index in [0.717, 1.165) is 36.0 Å². The third kappa shape index (κ3) is 5.25. The van der Waals surface area contributed by atoms with Crippen molar-refractivity contribution in [3.63, 3.8) is 0 Å². The molecule has 3 aromatic rings. The Morgan fingerprint density at radius 1 is 0.951 bits per heavy atom. The lowest BCUT2D eigenvalue weighted by molar-refractivity contribution is 0.0745. The van der Waals surface area contributed by atoms with E-state index in [1.54, 1.807) is 18.2 Å². The molecule has 1 saturated heterocycles. The Labute approximate surface area is 242 Å². The predicted octanol–water partition coefficient (Wildman–Crippen LogP) is 4.77. The fourth-order valence-corrected chi connectivity index (χ4v) is 8.13. The molecule has 3 aliphatic rings. The van der Waals surface area contributed by atoms with Crippen LogP contribution in [0.15, 0.2) is 65.6 Å². The molecule has 0 aromatic heterocycles. The van der Waals surface area contributed by atoms with Gasteiger partial charge in [0.1, 0.15) is 4.90 Å². The second kappa shape index (κ2) is 10.6. The molecule has 6 rings (SSSR count). The summed E-state index contributed by atoms with van der Waals surface area (Å²) in [6.07, 6.45) is 3.28. The number of amides is 1. The van der Waals surface area contributed by atoms with Gasteiger partial charge >= 0.3 is 0 Å². The van der Waals surface area contributed by atoms with Gasteiger partial charge in [-0.3, -0.25) is 4.79 Å². The summed E-state index contributed by atoms with van der Waals surface area (Å²) in [5.41, 5.74) is 6.84. The molecule has 0 spiro atoms. The molecule has 2 unspecified atom stereocenters. The summed E-state index contributed by atoms with van der Waals surface area (Å²) in [7, 11) is -3.84. The zero-order valence-corrected chi connectivity index (χ0v) is 24.4. The molecule has 0 radical (unpaired) electrons. The Hall–Kier alpha value is -3.67. The maximum absolute atomic E-state index is 13.7. The number of hydrogen-bond acceptors (Lipinski definition) is 5. The summed E-state index contributed by atoms with van der Waals surface area (Å²) in [6, 6.07) is 21.4. The molecule has 2 aliphatic carbocycles.